The van der Waals surface area contributed by atoms with Crippen LogP contribution in [0.2, 0.25) is 0 Å². The topological polar surface area (TPSA) is 55.4 Å². The van der Waals surface area contributed by atoms with Crippen LogP contribution in [-0.2, 0) is 14.8 Å². The summed E-state index contributed by atoms with van der Waals surface area (Å²) in [5.74, 6) is 0. The maximum absolute atomic E-state index is 11.9. The van der Waals surface area contributed by atoms with Gasteiger partial charge in [0, 0.05) is 18.1 Å². The first kappa shape index (κ1) is 15.1. The summed E-state index contributed by atoms with van der Waals surface area (Å²) in [4.78, 5) is 0.193. The number of benzene rings is 1. The molecular weight excluding hydrogens is 374 g/mol. The quantitative estimate of drug-likeness (QED) is 0.762. The van der Waals surface area contributed by atoms with E-state index in [2.05, 4.69) is 36.6 Å². The zero-order chi connectivity index (χ0) is 12.9. The molecule has 7 heteroatoms. The van der Waals surface area contributed by atoms with Gasteiger partial charge in [0.25, 0.3) is 0 Å². The van der Waals surface area contributed by atoms with Crippen LogP contribution in [-0.4, -0.2) is 33.5 Å². The predicted octanol–water partition coefficient (Wildman–Crippen LogP) is 2.14. The highest BCUT2D eigenvalue weighted by molar-refractivity contribution is 9.10. The number of ether oxygens (including phenoxy) is 1. The first-order valence-electron chi connectivity index (χ1n) is 4.84. The first-order chi connectivity index (χ1) is 7.95. The summed E-state index contributed by atoms with van der Waals surface area (Å²) in [5, 5.41) is 0. The number of rotatable bonds is 6. The number of alkyl halides is 1. The van der Waals surface area contributed by atoms with Crippen molar-refractivity contribution in [1.29, 1.82) is 0 Å². The highest BCUT2D eigenvalue weighted by Gasteiger charge is 2.15. The van der Waals surface area contributed by atoms with Gasteiger partial charge in [-0.15, -0.1) is 0 Å². The van der Waals surface area contributed by atoms with Gasteiger partial charge >= 0.3 is 0 Å². The minimum Gasteiger partial charge on any atom is -0.383 e. The summed E-state index contributed by atoms with van der Waals surface area (Å²) in [6.07, 6.45) is 0. The van der Waals surface area contributed by atoms with Crippen molar-refractivity contribution >= 4 is 41.9 Å². The zero-order valence-electron chi connectivity index (χ0n) is 9.19. The van der Waals surface area contributed by atoms with E-state index < -0.39 is 10.0 Å². The third-order valence-electron chi connectivity index (χ3n) is 1.95. The van der Waals surface area contributed by atoms with Gasteiger partial charge in [0.1, 0.15) is 0 Å². The molecule has 1 unspecified atom stereocenters. The molecule has 1 atom stereocenters. The maximum Gasteiger partial charge on any atom is 0.240 e. The highest BCUT2D eigenvalue weighted by Crippen LogP contribution is 2.16. The zero-order valence-corrected chi connectivity index (χ0v) is 13.2. The van der Waals surface area contributed by atoms with Crippen molar-refractivity contribution in [2.45, 2.75) is 9.72 Å². The molecule has 0 aliphatic heterocycles. The number of hydrogen-bond acceptors (Lipinski definition) is 3. The van der Waals surface area contributed by atoms with E-state index >= 15 is 0 Å². The van der Waals surface area contributed by atoms with Crippen molar-refractivity contribution in [2.75, 3.05) is 20.3 Å². The molecule has 0 amide bonds. The van der Waals surface area contributed by atoms with Crippen molar-refractivity contribution in [3.8, 4) is 0 Å². The second-order valence-corrected chi connectivity index (χ2v) is 7.34. The van der Waals surface area contributed by atoms with Crippen LogP contribution in [0.15, 0.2) is 33.6 Å². The van der Waals surface area contributed by atoms with Gasteiger partial charge in [-0.2, -0.15) is 0 Å². The van der Waals surface area contributed by atoms with E-state index in [1.807, 2.05) is 0 Å². The minimum atomic E-state index is -3.46. The van der Waals surface area contributed by atoms with E-state index in [0.717, 1.165) is 4.47 Å². The van der Waals surface area contributed by atoms with Crippen molar-refractivity contribution in [1.82, 2.24) is 4.72 Å². The fourth-order valence-electron chi connectivity index (χ4n) is 1.16. The number of hydrogen-bond donors (Lipinski definition) is 1. The summed E-state index contributed by atoms with van der Waals surface area (Å²) < 4.78 is 31.9. The number of nitrogens with one attached hydrogen (secondary N) is 1. The van der Waals surface area contributed by atoms with Crippen LogP contribution in [0.25, 0.3) is 0 Å². The standard InChI is InChI=1S/C10H13Br2NO3S/c1-16-7-9(12)6-13-17(14,15)10-4-2-3-8(11)5-10/h2-5,9,13H,6-7H2,1H3. The Hall–Kier alpha value is 0.0500. The van der Waals surface area contributed by atoms with Crippen LogP contribution >= 0.6 is 31.9 Å². The van der Waals surface area contributed by atoms with E-state index in [9.17, 15) is 8.42 Å². The normalized spacial score (nSPS) is 13.6. The Morgan fingerprint density at radius 1 is 1.47 bits per heavy atom. The van der Waals surface area contributed by atoms with Gasteiger partial charge in [-0.3, -0.25) is 0 Å². The van der Waals surface area contributed by atoms with E-state index in [0.29, 0.717) is 6.61 Å². The van der Waals surface area contributed by atoms with Gasteiger partial charge in [0.2, 0.25) is 10.0 Å². The van der Waals surface area contributed by atoms with Gasteiger partial charge < -0.3 is 4.74 Å². The molecule has 1 N–H and O–H groups in total. The van der Waals surface area contributed by atoms with Crippen LogP contribution < -0.4 is 4.72 Å². The minimum absolute atomic E-state index is 0.0468. The number of halogens is 2. The maximum atomic E-state index is 11.9. The van der Waals surface area contributed by atoms with Gasteiger partial charge in [0.05, 0.1) is 16.3 Å². The molecule has 0 saturated heterocycles. The summed E-state index contributed by atoms with van der Waals surface area (Å²) in [5.41, 5.74) is 0. The molecule has 4 nitrogen and oxygen atoms in total. The monoisotopic (exact) mass is 385 g/mol. The lowest BCUT2D eigenvalue weighted by atomic mass is 10.4. The summed E-state index contributed by atoms with van der Waals surface area (Å²) in [7, 11) is -1.90. The summed E-state index contributed by atoms with van der Waals surface area (Å²) >= 11 is 6.55. The van der Waals surface area contributed by atoms with Crippen LogP contribution in [0, 0.1) is 0 Å². The van der Waals surface area contributed by atoms with Crippen molar-refractivity contribution in [3.05, 3.63) is 28.7 Å². The third-order valence-corrected chi connectivity index (χ3v) is 4.45. The lowest BCUT2D eigenvalue weighted by Crippen LogP contribution is -2.31. The van der Waals surface area contributed by atoms with Crippen LogP contribution in [0.5, 0.6) is 0 Å². The second-order valence-electron chi connectivity index (χ2n) is 3.36. The smallest absolute Gasteiger partial charge is 0.240 e. The van der Waals surface area contributed by atoms with Crippen LogP contribution in [0.4, 0.5) is 0 Å². The molecule has 0 radical (unpaired) electrons. The molecule has 1 aromatic carbocycles. The van der Waals surface area contributed by atoms with Gasteiger partial charge in [-0.05, 0) is 18.2 Å². The van der Waals surface area contributed by atoms with E-state index in [1.54, 1.807) is 31.4 Å². The molecule has 17 heavy (non-hydrogen) atoms. The fourth-order valence-corrected chi connectivity index (χ4v) is 3.48. The average molecular weight is 387 g/mol. The van der Waals surface area contributed by atoms with Gasteiger partial charge in [-0.25, -0.2) is 13.1 Å². The molecule has 0 bridgehead atoms. The van der Waals surface area contributed by atoms with Crippen molar-refractivity contribution in [3.63, 3.8) is 0 Å². The Labute approximate surface area is 118 Å². The summed E-state index contributed by atoms with van der Waals surface area (Å²) in [6.45, 7) is 0.726. The van der Waals surface area contributed by atoms with E-state index in [1.165, 1.54) is 0 Å². The molecule has 0 aromatic heterocycles. The largest absolute Gasteiger partial charge is 0.383 e. The molecule has 0 aliphatic carbocycles. The molecular formula is C10H13Br2NO3S. The lowest BCUT2D eigenvalue weighted by Gasteiger charge is -2.10. The molecule has 1 rings (SSSR count). The molecule has 96 valence electrons. The second kappa shape index (κ2) is 6.84. The Bertz CT molecular complexity index is 464. The fraction of sp³-hybridized carbons (Fsp3) is 0.400. The predicted molar refractivity (Wildman–Crippen MR) is 73.9 cm³/mol. The highest BCUT2D eigenvalue weighted by atomic mass is 79.9. The Kier molecular flexibility index (Phi) is 6.08. The SMILES string of the molecule is COCC(Br)CNS(=O)(=O)c1cccc(Br)c1. The molecule has 0 spiro atoms. The number of methoxy groups -OCH3 is 1. The van der Waals surface area contributed by atoms with E-state index in [4.69, 9.17) is 4.74 Å². The van der Waals surface area contributed by atoms with Gasteiger partial charge in [0.15, 0.2) is 0 Å². The summed E-state index contributed by atoms with van der Waals surface area (Å²) in [6, 6.07) is 6.56. The van der Waals surface area contributed by atoms with Crippen LogP contribution in [0.1, 0.15) is 0 Å². The third kappa shape index (κ3) is 5.05. The molecule has 0 aliphatic rings. The first-order valence-corrected chi connectivity index (χ1v) is 8.03. The van der Waals surface area contributed by atoms with Gasteiger partial charge in [-0.1, -0.05) is 37.9 Å². The lowest BCUT2D eigenvalue weighted by molar-refractivity contribution is 0.201. The molecule has 0 heterocycles. The van der Waals surface area contributed by atoms with E-state index in [-0.39, 0.29) is 16.3 Å². The molecule has 0 fully saturated rings. The Morgan fingerprint density at radius 2 is 2.18 bits per heavy atom. The number of sulfonamides is 1. The van der Waals surface area contributed by atoms with Crippen LogP contribution in [0.3, 0.4) is 0 Å². The average Bonchev–Trinajstić information content (AvgIpc) is 2.27. The molecule has 1 aromatic rings. The van der Waals surface area contributed by atoms with Crippen molar-refractivity contribution in [2.24, 2.45) is 0 Å². The Morgan fingerprint density at radius 3 is 2.76 bits per heavy atom. The Balaban J connectivity index is 2.69. The molecule has 0 saturated carbocycles. The van der Waals surface area contributed by atoms with Crippen molar-refractivity contribution < 1.29 is 13.2 Å².